The van der Waals surface area contributed by atoms with Crippen LogP contribution in [0.4, 0.5) is 0 Å². The molecule has 1 aliphatic carbocycles. The largest absolute Gasteiger partial charge is 0.456 e. The second-order valence-electron chi connectivity index (χ2n) is 12.2. The van der Waals surface area contributed by atoms with Crippen LogP contribution in [-0.2, 0) is 5.41 Å². The van der Waals surface area contributed by atoms with E-state index in [1.54, 1.807) is 0 Å². The van der Waals surface area contributed by atoms with Gasteiger partial charge in [0.15, 0.2) is 5.82 Å². The van der Waals surface area contributed by atoms with Gasteiger partial charge in [0.1, 0.15) is 11.5 Å². The van der Waals surface area contributed by atoms with Gasteiger partial charge in [0, 0.05) is 33.1 Å². The average molecular weight is 565 g/mol. The molecule has 3 nitrogen and oxygen atoms in total. The van der Waals surface area contributed by atoms with E-state index in [9.17, 15) is 0 Å². The SMILES string of the molecule is CC1(C)c2ccccc2-c2cccc(-c3cc(-c4ccc5c(c4)Oc4cccc6cccc-5c46)nc(-c4ccccc4)n3)c21. The molecular weight excluding hydrogens is 536 g/mol. The Balaban J connectivity index is 1.24. The fourth-order valence-corrected chi connectivity index (χ4v) is 7.23. The first-order chi connectivity index (χ1) is 21.6. The van der Waals surface area contributed by atoms with Crippen LogP contribution in [0, 0.1) is 0 Å². The lowest BCUT2D eigenvalue weighted by molar-refractivity contribution is 0.487. The predicted molar refractivity (Wildman–Crippen MR) is 179 cm³/mol. The number of nitrogens with zero attached hydrogens (tertiary/aromatic N) is 2. The van der Waals surface area contributed by atoms with Gasteiger partial charge in [0.2, 0.25) is 0 Å². The van der Waals surface area contributed by atoms with Crippen LogP contribution in [0.15, 0.2) is 133 Å². The topological polar surface area (TPSA) is 35.0 Å². The molecule has 0 radical (unpaired) electrons. The van der Waals surface area contributed by atoms with Gasteiger partial charge < -0.3 is 4.74 Å². The van der Waals surface area contributed by atoms with Crippen molar-refractivity contribution in [1.82, 2.24) is 9.97 Å². The van der Waals surface area contributed by atoms with Crippen LogP contribution in [0.3, 0.4) is 0 Å². The third kappa shape index (κ3) is 3.62. The number of rotatable bonds is 3. The maximum absolute atomic E-state index is 6.52. The monoisotopic (exact) mass is 564 g/mol. The summed E-state index contributed by atoms with van der Waals surface area (Å²) in [5.41, 5.74) is 12.3. The van der Waals surface area contributed by atoms with Crippen molar-refractivity contribution in [2.24, 2.45) is 0 Å². The molecule has 0 fully saturated rings. The molecule has 44 heavy (non-hydrogen) atoms. The summed E-state index contributed by atoms with van der Waals surface area (Å²) in [7, 11) is 0. The molecule has 7 aromatic rings. The molecule has 0 amide bonds. The Morgan fingerprint density at radius 1 is 0.500 bits per heavy atom. The minimum Gasteiger partial charge on any atom is -0.456 e. The molecule has 6 aromatic carbocycles. The van der Waals surface area contributed by atoms with Crippen LogP contribution in [0.25, 0.3) is 66.9 Å². The van der Waals surface area contributed by atoms with Crippen LogP contribution in [0.2, 0.25) is 0 Å². The first-order valence-corrected chi connectivity index (χ1v) is 15.1. The van der Waals surface area contributed by atoms with Crippen molar-refractivity contribution >= 4 is 10.8 Å². The van der Waals surface area contributed by atoms with Crippen LogP contribution in [-0.4, -0.2) is 9.97 Å². The summed E-state index contributed by atoms with van der Waals surface area (Å²) in [6.45, 7) is 4.64. The van der Waals surface area contributed by atoms with Crippen LogP contribution >= 0.6 is 0 Å². The summed E-state index contributed by atoms with van der Waals surface area (Å²) in [6, 6.07) is 46.9. The highest BCUT2D eigenvalue weighted by atomic mass is 16.5. The van der Waals surface area contributed by atoms with Gasteiger partial charge >= 0.3 is 0 Å². The third-order valence-electron chi connectivity index (χ3n) is 9.27. The lowest BCUT2D eigenvalue weighted by Gasteiger charge is -2.24. The standard InChI is InChI=1S/C41H28N2O/c1-41(2)33-19-7-6-15-28(33)31-17-10-18-32(39(31)41)35-24-34(42-40(43-35)26-11-4-3-5-12-26)27-21-22-29-30-16-8-13-25-14-9-20-36(38(25)30)44-37(29)23-27/h3-24H,1-2H3. The van der Waals surface area contributed by atoms with Gasteiger partial charge in [0.25, 0.3) is 0 Å². The summed E-state index contributed by atoms with van der Waals surface area (Å²) in [5, 5.41) is 2.34. The van der Waals surface area contributed by atoms with E-state index >= 15 is 0 Å². The summed E-state index contributed by atoms with van der Waals surface area (Å²) in [6.07, 6.45) is 0. The Morgan fingerprint density at radius 2 is 1.20 bits per heavy atom. The molecule has 1 aromatic heterocycles. The van der Waals surface area contributed by atoms with E-state index in [-0.39, 0.29) is 5.41 Å². The lowest BCUT2D eigenvalue weighted by atomic mass is 9.79. The lowest BCUT2D eigenvalue weighted by Crippen LogP contribution is -2.16. The summed E-state index contributed by atoms with van der Waals surface area (Å²) in [4.78, 5) is 10.3. The molecule has 0 atom stereocenters. The van der Waals surface area contributed by atoms with E-state index in [1.165, 1.54) is 33.2 Å². The summed E-state index contributed by atoms with van der Waals surface area (Å²) >= 11 is 0. The molecule has 1 aliphatic heterocycles. The zero-order chi connectivity index (χ0) is 29.4. The quantitative estimate of drug-likeness (QED) is 0.214. The van der Waals surface area contributed by atoms with Gasteiger partial charge in [-0.15, -0.1) is 0 Å². The number of benzene rings is 6. The highest BCUT2D eigenvalue weighted by Crippen LogP contribution is 2.52. The number of ether oxygens (including phenoxy) is 1. The highest BCUT2D eigenvalue weighted by Gasteiger charge is 2.37. The van der Waals surface area contributed by atoms with Crippen molar-refractivity contribution in [3.8, 4) is 67.7 Å². The molecule has 0 N–H and O–H groups in total. The molecule has 0 unspecified atom stereocenters. The first-order valence-electron chi connectivity index (χ1n) is 15.1. The molecule has 0 spiro atoms. The Labute approximate surface area is 256 Å². The minimum absolute atomic E-state index is 0.158. The molecule has 3 heteroatoms. The van der Waals surface area contributed by atoms with Crippen molar-refractivity contribution in [2.45, 2.75) is 19.3 Å². The number of hydrogen-bond donors (Lipinski definition) is 0. The van der Waals surface area contributed by atoms with Crippen LogP contribution in [0.1, 0.15) is 25.0 Å². The average Bonchev–Trinajstić information content (AvgIpc) is 3.31. The van der Waals surface area contributed by atoms with Gasteiger partial charge in [-0.2, -0.15) is 0 Å². The predicted octanol–water partition coefficient (Wildman–Crippen LogP) is 10.7. The Morgan fingerprint density at radius 3 is 2.09 bits per heavy atom. The van der Waals surface area contributed by atoms with Gasteiger partial charge in [0.05, 0.1) is 11.4 Å². The Hall–Kier alpha value is -5.54. The second kappa shape index (κ2) is 9.23. The summed E-state index contributed by atoms with van der Waals surface area (Å²) < 4.78 is 6.52. The molecule has 0 saturated heterocycles. The molecule has 0 bridgehead atoms. The van der Waals surface area contributed by atoms with Crippen molar-refractivity contribution in [3.63, 3.8) is 0 Å². The first kappa shape index (κ1) is 25.0. The molecule has 2 aliphatic rings. The Kier molecular flexibility index (Phi) is 5.24. The van der Waals surface area contributed by atoms with Gasteiger partial charge in [-0.05, 0) is 57.5 Å². The van der Waals surface area contributed by atoms with Crippen molar-refractivity contribution < 1.29 is 4.74 Å². The highest BCUT2D eigenvalue weighted by molar-refractivity contribution is 6.04. The number of fused-ring (bicyclic) bond motifs is 5. The van der Waals surface area contributed by atoms with Gasteiger partial charge in [-0.1, -0.05) is 123 Å². The van der Waals surface area contributed by atoms with Gasteiger partial charge in [-0.3, -0.25) is 0 Å². The molecule has 0 saturated carbocycles. The fraction of sp³-hybridized carbons (Fsp3) is 0.0732. The zero-order valence-electron chi connectivity index (χ0n) is 24.5. The second-order valence-corrected chi connectivity index (χ2v) is 12.2. The Bertz CT molecular complexity index is 2280. The maximum atomic E-state index is 6.52. The molecule has 208 valence electrons. The van der Waals surface area contributed by atoms with E-state index in [0.717, 1.165) is 50.5 Å². The fourth-order valence-electron chi connectivity index (χ4n) is 7.23. The molecular formula is C41H28N2O. The van der Waals surface area contributed by atoms with Crippen LogP contribution < -0.4 is 4.74 Å². The smallest absolute Gasteiger partial charge is 0.160 e. The van der Waals surface area contributed by atoms with Crippen molar-refractivity contribution in [2.75, 3.05) is 0 Å². The maximum Gasteiger partial charge on any atom is 0.160 e. The van der Waals surface area contributed by atoms with E-state index in [4.69, 9.17) is 14.7 Å². The van der Waals surface area contributed by atoms with E-state index in [2.05, 4.69) is 123 Å². The third-order valence-corrected chi connectivity index (χ3v) is 9.27. The normalized spacial score (nSPS) is 13.6. The zero-order valence-corrected chi connectivity index (χ0v) is 24.5. The van der Waals surface area contributed by atoms with Crippen molar-refractivity contribution in [1.29, 1.82) is 0 Å². The van der Waals surface area contributed by atoms with Crippen LogP contribution in [0.5, 0.6) is 11.5 Å². The molecule has 2 heterocycles. The van der Waals surface area contributed by atoms with Gasteiger partial charge in [-0.25, -0.2) is 9.97 Å². The minimum atomic E-state index is -0.158. The number of hydrogen-bond acceptors (Lipinski definition) is 3. The molecule has 9 rings (SSSR count). The van der Waals surface area contributed by atoms with E-state index < -0.39 is 0 Å². The van der Waals surface area contributed by atoms with E-state index in [1.807, 2.05) is 24.3 Å². The summed E-state index contributed by atoms with van der Waals surface area (Å²) in [5.74, 6) is 2.43. The van der Waals surface area contributed by atoms with Crippen molar-refractivity contribution in [3.05, 3.63) is 145 Å². The van der Waals surface area contributed by atoms with E-state index in [0.29, 0.717) is 5.82 Å². The number of aromatic nitrogens is 2.